The number of hydrogen-bond acceptors (Lipinski definition) is 6. The zero-order chi connectivity index (χ0) is 14.0. The minimum atomic E-state index is -3.69. The molecule has 2 aromatic heterocycles. The molecular formula is C10H11N3O4S2. The van der Waals surface area contributed by atoms with E-state index in [1.54, 1.807) is 12.3 Å². The van der Waals surface area contributed by atoms with E-state index in [4.69, 9.17) is 4.42 Å². The van der Waals surface area contributed by atoms with Crippen LogP contribution in [0, 0.1) is 6.92 Å². The van der Waals surface area contributed by atoms with Crippen LogP contribution in [0.25, 0.3) is 0 Å². The first kappa shape index (κ1) is 13.7. The first-order valence-corrected chi connectivity index (χ1v) is 7.55. The molecule has 0 unspecified atom stereocenters. The lowest BCUT2D eigenvalue weighted by Gasteiger charge is -1.98. The van der Waals surface area contributed by atoms with Crippen LogP contribution in [0.2, 0.25) is 0 Å². The second-order valence-corrected chi connectivity index (χ2v) is 6.25. The number of sulfonamides is 1. The lowest BCUT2D eigenvalue weighted by Crippen LogP contribution is -2.18. The highest BCUT2D eigenvalue weighted by Gasteiger charge is 2.20. The average molecular weight is 301 g/mol. The number of aryl methyl sites for hydroxylation is 1. The first-order valence-electron chi connectivity index (χ1n) is 5.19. The molecule has 2 N–H and O–H groups in total. The number of carbonyl (C=O) groups is 1. The van der Waals surface area contributed by atoms with E-state index in [-0.39, 0.29) is 10.9 Å². The van der Waals surface area contributed by atoms with Gasteiger partial charge in [0.25, 0.3) is 15.9 Å². The van der Waals surface area contributed by atoms with Crippen LogP contribution in [0.15, 0.2) is 27.0 Å². The van der Waals surface area contributed by atoms with Crippen LogP contribution < -0.4 is 10.0 Å². The second-order valence-electron chi connectivity index (χ2n) is 3.57. The standard InChI is InChI=1S/C10H11N3O4S2/c1-6-5-18-10(12-6)13-9(14)7-3-4-8(17-7)19(15,16)11-2/h3-5,11H,1-2H3,(H,12,13,14). The zero-order valence-electron chi connectivity index (χ0n) is 10.1. The molecule has 0 radical (unpaired) electrons. The summed E-state index contributed by atoms with van der Waals surface area (Å²) in [6.07, 6.45) is 0. The number of amides is 1. The molecule has 0 atom stereocenters. The van der Waals surface area contributed by atoms with Crippen molar-refractivity contribution < 1.29 is 17.6 Å². The molecule has 0 aliphatic rings. The summed E-state index contributed by atoms with van der Waals surface area (Å²) >= 11 is 1.27. The third kappa shape index (κ3) is 3.00. The molecule has 2 aromatic rings. The zero-order valence-corrected chi connectivity index (χ0v) is 11.8. The summed E-state index contributed by atoms with van der Waals surface area (Å²) in [7, 11) is -2.43. The summed E-state index contributed by atoms with van der Waals surface area (Å²) in [6, 6.07) is 2.51. The van der Waals surface area contributed by atoms with Gasteiger partial charge in [-0.25, -0.2) is 18.1 Å². The number of thiazole rings is 1. The Morgan fingerprint density at radius 1 is 1.42 bits per heavy atom. The number of carbonyl (C=O) groups excluding carboxylic acids is 1. The van der Waals surface area contributed by atoms with Gasteiger partial charge in [0.15, 0.2) is 10.9 Å². The average Bonchev–Trinajstić information content (AvgIpc) is 2.98. The normalized spacial score (nSPS) is 11.5. The van der Waals surface area contributed by atoms with Gasteiger partial charge in [-0.15, -0.1) is 11.3 Å². The van der Waals surface area contributed by atoms with Crippen molar-refractivity contribution in [2.24, 2.45) is 0 Å². The van der Waals surface area contributed by atoms with Crippen LogP contribution in [-0.2, 0) is 10.0 Å². The maximum atomic E-state index is 11.8. The van der Waals surface area contributed by atoms with E-state index in [2.05, 4.69) is 15.0 Å². The SMILES string of the molecule is CNS(=O)(=O)c1ccc(C(=O)Nc2nc(C)cs2)o1. The summed E-state index contributed by atoms with van der Waals surface area (Å²) in [5.74, 6) is -0.645. The van der Waals surface area contributed by atoms with Gasteiger partial charge in [-0.1, -0.05) is 0 Å². The molecule has 0 fully saturated rings. The molecule has 1 amide bonds. The van der Waals surface area contributed by atoms with E-state index in [1.807, 2.05) is 0 Å². The number of aromatic nitrogens is 1. The lowest BCUT2D eigenvalue weighted by atomic mass is 10.4. The smallest absolute Gasteiger partial charge is 0.293 e. The Balaban J connectivity index is 2.17. The predicted octanol–water partition coefficient (Wildman–Crippen LogP) is 1.20. The highest BCUT2D eigenvalue weighted by atomic mass is 32.2. The molecule has 9 heteroatoms. The molecule has 0 aromatic carbocycles. The van der Waals surface area contributed by atoms with E-state index < -0.39 is 15.9 Å². The van der Waals surface area contributed by atoms with Crippen molar-refractivity contribution in [3.63, 3.8) is 0 Å². The molecular weight excluding hydrogens is 290 g/mol. The Morgan fingerprint density at radius 2 is 2.16 bits per heavy atom. The summed E-state index contributed by atoms with van der Waals surface area (Å²) in [6.45, 7) is 1.80. The number of nitrogens with zero attached hydrogens (tertiary/aromatic N) is 1. The van der Waals surface area contributed by atoms with Crippen molar-refractivity contribution >= 4 is 32.4 Å². The monoisotopic (exact) mass is 301 g/mol. The van der Waals surface area contributed by atoms with E-state index in [0.717, 1.165) is 5.69 Å². The number of furan rings is 1. The molecule has 0 aliphatic carbocycles. The highest BCUT2D eigenvalue weighted by Crippen LogP contribution is 2.18. The minimum absolute atomic E-state index is 0.0957. The van der Waals surface area contributed by atoms with Gasteiger partial charge in [0.05, 0.1) is 5.69 Å². The highest BCUT2D eigenvalue weighted by molar-refractivity contribution is 7.89. The fourth-order valence-electron chi connectivity index (χ4n) is 1.26. The van der Waals surface area contributed by atoms with Crippen molar-refractivity contribution in [2.45, 2.75) is 12.0 Å². The van der Waals surface area contributed by atoms with Crippen LogP contribution in [0.3, 0.4) is 0 Å². The Kier molecular flexibility index (Phi) is 3.69. The Hall–Kier alpha value is -1.71. The van der Waals surface area contributed by atoms with Crippen molar-refractivity contribution in [3.8, 4) is 0 Å². The number of hydrogen-bond donors (Lipinski definition) is 2. The maximum Gasteiger partial charge on any atom is 0.293 e. The summed E-state index contributed by atoms with van der Waals surface area (Å²) in [5, 5.41) is 4.43. The number of rotatable bonds is 4. The maximum absolute atomic E-state index is 11.8. The summed E-state index contributed by atoms with van der Waals surface area (Å²) in [4.78, 5) is 15.9. The molecule has 0 saturated carbocycles. The van der Waals surface area contributed by atoms with E-state index >= 15 is 0 Å². The first-order chi connectivity index (χ1) is 8.92. The molecule has 0 spiro atoms. The Morgan fingerprint density at radius 3 is 2.74 bits per heavy atom. The largest absolute Gasteiger partial charge is 0.438 e. The third-order valence-electron chi connectivity index (χ3n) is 2.18. The fourth-order valence-corrected chi connectivity index (χ4v) is 2.59. The van der Waals surface area contributed by atoms with Gasteiger partial charge in [0.2, 0.25) is 5.09 Å². The van der Waals surface area contributed by atoms with Gasteiger partial charge in [-0.2, -0.15) is 0 Å². The van der Waals surface area contributed by atoms with Gasteiger partial charge in [0, 0.05) is 5.38 Å². The van der Waals surface area contributed by atoms with Gasteiger partial charge in [0.1, 0.15) is 0 Å². The van der Waals surface area contributed by atoms with E-state index in [1.165, 1.54) is 30.5 Å². The number of anilines is 1. The second kappa shape index (κ2) is 5.11. The molecule has 0 aliphatic heterocycles. The third-order valence-corrected chi connectivity index (χ3v) is 4.34. The molecule has 19 heavy (non-hydrogen) atoms. The van der Waals surface area contributed by atoms with Crippen molar-refractivity contribution in [1.29, 1.82) is 0 Å². The molecule has 0 saturated heterocycles. The summed E-state index contributed by atoms with van der Waals surface area (Å²) < 4.78 is 30.0. The quantitative estimate of drug-likeness (QED) is 0.883. The van der Waals surface area contributed by atoms with Crippen LogP contribution >= 0.6 is 11.3 Å². The molecule has 102 valence electrons. The lowest BCUT2D eigenvalue weighted by molar-refractivity contribution is 0.0991. The van der Waals surface area contributed by atoms with Crippen molar-refractivity contribution in [2.75, 3.05) is 12.4 Å². The molecule has 2 heterocycles. The summed E-state index contributed by atoms with van der Waals surface area (Å²) in [5.41, 5.74) is 0.790. The topological polar surface area (TPSA) is 101 Å². The van der Waals surface area contributed by atoms with Gasteiger partial charge in [-0.3, -0.25) is 10.1 Å². The minimum Gasteiger partial charge on any atom is -0.438 e. The molecule has 2 rings (SSSR count). The number of nitrogens with one attached hydrogen (secondary N) is 2. The van der Waals surface area contributed by atoms with Crippen molar-refractivity contribution in [1.82, 2.24) is 9.71 Å². The van der Waals surface area contributed by atoms with Crippen LogP contribution in [-0.4, -0.2) is 26.4 Å². The Labute approximate surface area is 113 Å². The van der Waals surface area contributed by atoms with Crippen molar-refractivity contribution in [3.05, 3.63) is 29.0 Å². The van der Waals surface area contributed by atoms with Crippen LogP contribution in [0.5, 0.6) is 0 Å². The van der Waals surface area contributed by atoms with Gasteiger partial charge in [-0.05, 0) is 26.1 Å². The van der Waals surface area contributed by atoms with E-state index in [0.29, 0.717) is 5.13 Å². The van der Waals surface area contributed by atoms with Gasteiger partial charge < -0.3 is 4.42 Å². The van der Waals surface area contributed by atoms with E-state index in [9.17, 15) is 13.2 Å². The van der Waals surface area contributed by atoms with Gasteiger partial charge >= 0.3 is 0 Å². The van der Waals surface area contributed by atoms with Crippen LogP contribution in [0.1, 0.15) is 16.2 Å². The predicted molar refractivity (Wildman–Crippen MR) is 69.8 cm³/mol. The molecule has 7 nitrogen and oxygen atoms in total. The molecule has 0 bridgehead atoms. The fraction of sp³-hybridized carbons (Fsp3) is 0.200. The Bertz CT molecular complexity index is 702. The van der Waals surface area contributed by atoms with Crippen LogP contribution in [0.4, 0.5) is 5.13 Å².